The molecule has 144 valence electrons. The number of aromatic amines is 1. The zero-order valence-corrected chi connectivity index (χ0v) is 15.6. The average Bonchev–Trinajstić information content (AvgIpc) is 3.15. The number of hydrogen-bond acceptors (Lipinski definition) is 4. The number of ether oxygens (including phenoxy) is 2. The monoisotopic (exact) mass is 377 g/mol. The second-order valence-electron chi connectivity index (χ2n) is 7.72. The molecular formula is C22H23N3O3. The van der Waals surface area contributed by atoms with Gasteiger partial charge in [0.05, 0.1) is 31.4 Å². The van der Waals surface area contributed by atoms with E-state index in [4.69, 9.17) is 9.47 Å². The van der Waals surface area contributed by atoms with Crippen molar-refractivity contribution in [1.82, 2.24) is 14.9 Å². The first-order valence-corrected chi connectivity index (χ1v) is 9.72. The first kappa shape index (κ1) is 17.4. The number of likely N-dealkylation sites (tertiary alicyclic amines) is 1. The minimum Gasteiger partial charge on any atom is -0.373 e. The molecule has 1 amide bonds. The highest BCUT2D eigenvalue weighted by atomic mass is 16.5. The van der Waals surface area contributed by atoms with Crippen molar-refractivity contribution in [3.05, 3.63) is 66.1 Å². The van der Waals surface area contributed by atoms with Gasteiger partial charge in [0.25, 0.3) is 5.91 Å². The fraction of sp³-hybridized carbons (Fsp3) is 0.364. The second kappa shape index (κ2) is 7.04. The van der Waals surface area contributed by atoms with Gasteiger partial charge in [-0.05, 0) is 30.2 Å². The van der Waals surface area contributed by atoms with Crippen LogP contribution in [0.4, 0.5) is 0 Å². The summed E-state index contributed by atoms with van der Waals surface area (Å²) in [7, 11) is 0. The Kier molecular flexibility index (Phi) is 4.37. The van der Waals surface area contributed by atoms with Crippen LogP contribution < -0.4 is 0 Å². The van der Waals surface area contributed by atoms with Crippen LogP contribution in [0.1, 0.15) is 28.8 Å². The molecule has 28 heavy (non-hydrogen) atoms. The number of nitrogens with one attached hydrogen (secondary N) is 1. The van der Waals surface area contributed by atoms with E-state index in [0.717, 1.165) is 34.9 Å². The third-order valence-corrected chi connectivity index (χ3v) is 5.75. The minimum absolute atomic E-state index is 0.0616. The predicted octanol–water partition coefficient (Wildman–Crippen LogP) is 3.15. The molecule has 4 heterocycles. The number of pyridine rings is 1. The van der Waals surface area contributed by atoms with Gasteiger partial charge in [-0.1, -0.05) is 18.2 Å². The van der Waals surface area contributed by atoms with Gasteiger partial charge in [-0.3, -0.25) is 9.78 Å². The number of H-pyrrole nitrogens is 1. The van der Waals surface area contributed by atoms with E-state index in [1.54, 1.807) is 18.6 Å². The van der Waals surface area contributed by atoms with Gasteiger partial charge in [-0.25, -0.2) is 0 Å². The lowest BCUT2D eigenvalue weighted by Crippen LogP contribution is -2.67. The summed E-state index contributed by atoms with van der Waals surface area (Å²) in [5.74, 6) is 0.0616. The molecule has 3 aromatic rings. The molecule has 2 aromatic heterocycles. The van der Waals surface area contributed by atoms with E-state index >= 15 is 0 Å². The topological polar surface area (TPSA) is 67.5 Å². The van der Waals surface area contributed by atoms with E-state index in [1.165, 1.54) is 0 Å². The number of carbonyl (C=O) groups is 1. The van der Waals surface area contributed by atoms with Gasteiger partial charge in [0.15, 0.2) is 0 Å². The maximum absolute atomic E-state index is 12.9. The molecule has 6 nitrogen and oxygen atoms in total. The Labute approximate surface area is 163 Å². The van der Waals surface area contributed by atoms with Gasteiger partial charge in [0.2, 0.25) is 0 Å². The van der Waals surface area contributed by atoms with Crippen molar-refractivity contribution >= 4 is 16.8 Å². The smallest absolute Gasteiger partial charge is 0.256 e. The molecule has 2 saturated heterocycles. The molecule has 1 atom stereocenters. The molecule has 5 rings (SSSR count). The Balaban J connectivity index is 1.21. The Hall–Kier alpha value is -2.70. The lowest BCUT2D eigenvalue weighted by atomic mass is 9.84. The summed E-state index contributed by atoms with van der Waals surface area (Å²) in [4.78, 5) is 22.0. The standard InChI is InChI=1S/C22H23N3O3/c26-21(19-12-24-20-4-2-1-3-18(19)20)25-14-22(15-25)11-17(7-10-28-22)27-13-16-5-8-23-9-6-16/h1-6,8-9,12,17,24H,7,10-11,13-15H2/t17-/m0/s1. The van der Waals surface area contributed by atoms with Crippen molar-refractivity contribution in [2.45, 2.75) is 31.2 Å². The highest BCUT2D eigenvalue weighted by Gasteiger charge is 2.49. The number of carbonyl (C=O) groups excluding carboxylic acids is 1. The van der Waals surface area contributed by atoms with E-state index in [0.29, 0.717) is 26.3 Å². The summed E-state index contributed by atoms with van der Waals surface area (Å²) >= 11 is 0. The molecule has 0 bridgehead atoms. The van der Waals surface area contributed by atoms with Crippen LogP contribution in [-0.4, -0.2) is 52.2 Å². The van der Waals surface area contributed by atoms with Gasteiger partial charge in [0.1, 0.15) is 5.60 Å². The van der Waals surface area contributed by atoms with Crippen LogP contribution in [0.25, 0.3) is 10.9 Å². The maximum atomic E-state index is 12.9. The normalized spacial score (nSPS) is 21.0. The van der Waals surface area contributed by atoms with Gasteiger partial charge in [0, 0.05) is 42.5 Å². The van der Waals surface area contributed by atoms with Crippen molar-refractivity contribution in [3.8, 4) is 0 Å². The second-order valence-corrected chi connectivity index (χ2v) is 7.72. The SMILES string of the molecule is O=C(c1c[nH]c2ccccc12)N1CC2(C[C@@H](OCc3ccncc3)CCO2)C1. The van der Waals surface area contributed by atoms with E-state index in [1.807, 2.05) is 41.3 Å². The molecule has 2 aliphatic rings. The van der Waals surface area contributed by atoms with Crippen molar-refractivity contribution < 1.29 is 14.3 Å². The summed E-state index contributed by atoms with van der Waals surface area (Å²) in [6, 6.07) is 11.8. The fourth-order valence-corrected chi connectivity index (χ4v) is 4.25. The van der Waals surface area contributed by atoms with Crippen LogP contribution in [0.5, 0.6) is 0 Å². The molecule has 1 N–H and O–H groups in total. The Morgan fingerprint density at radius 3 is 2.93 bits per heavy atom. The van der Waals surface area contributed by atoms with E-state index in [9.17, 15) is 4.79 Å². The van der Waals surface area contributed by atoms with Crippen LogP contribution in [0.2, 0.25) is 0 Å². The molecule has 0 aliphatic carbocycles. The Bertz CT molecular complexity index is 979. The van der Waals surface area contributed by atoms with Crippen molar-refractivity contribution in [2.24, 2.45) is 0 Å². The van der Waals surface area contributed by atoms with Crippen LogP contribution >= 0.6 is 0 Å². The number of nitrogens with zero attached hydrogens (tertiary/aromatic N) is 2. The van der Waals surface area contributed by atoms with Crippen LogP contribution in [0, 0.1) is 0 Å². The molecule has 0 radical (unpaired) electrons. The van der Waals surface area contributed by atoms with Crippen molar-refractivity contribution in [2.75, 3.05) is 19.7 Å². The van der Waals surface area contributed by atoms with E-state index in [2.05, 4.69) is 9.97 Å². The Morgan fingerprint density at radius 1 is 1.25 bits per heavy atom. The van der Waals surface area contributed by atoms with Crippen LogP contribution in [0.3, 0.4) is 0 Å². The third kappa shape index (κ3) is 3.19. The molecule has 2 aliphatic heterocycles. The van der Waals surface area contributed by atoms with Gasteiger partial charge >= 0.3 is 0 Å². The van der Waals surface area contributed by atoms with E-state index in [-0.39, 0.29) is 17.6 Å². The molecule has 0 unspecified atom stereocenters. The number of rotatable bonds is 4. The highest BCUT2D eigenvalue weighted by molar-refractivity contribution is 6.07. The van der Waals surface area contributed by atoms with Crippen molar-refractivity contribution in [1.29, 1.82) is 0 Å². The van der Waals surface area contributed by atoms with Crippen LogP contribution in [0.15, 0.2) is 55.0 Å². The molecule has 1 aromatic carbocycles. The first-order chi connectivity index (χ1) is 13.7. The van der Waals surface area contributed by atoms with Gasteiger partial charge in [-0.2, -0.15) is 0 Å². The molecular weight excluding hydrogens is 354 g/mol. The first-order valence-electron chi connectivity index (χ1n) is 9.72. The quantitative estimate of drug-likeness (QED) is 0.758. The summed E-state index contributed by atoms with van der Waals surface area (Å²) < 4.78 is 12.2. The molecule has 2 fully saturated rings. The number of amides is 1. The van der Waals surface area contributed by atoms with Gasteiger partial charge < -0.3 is 19.4 Å². The summed E-state index contributed by atoms with van der Waals surface area (Å²) in [6.45, 7) is 2.51. The number of hydrogen-bond donors (Lipinski definition) is 1. The maximum Gasteiger partial charge on any atom is 0.256 e. The molecule has 6 heteroatoms. The molecule has 1 spiro atoms. The third-order valence-electron chi connectivity index (χ3n) is 5.75. The fourth-order valence-electron chi connectivity index (χ4n) is 4.25. The number of aromatic nitrogens is 2. The number of para-hydroxylation sites is 1. The highest BCUT2D eigenvalue weighted by Crippen LogP contribution is 2.37. The zero-order valence-electron chi connectivity index (χ0n) is 15.6. The predicted molar refractivity (Wildman–Crippen MR) is 105 cm³/mol. The minimum atomic E-state index is -0.261. The summed E-state index contributed by atoms with van der Waals surface area (Å²) in [5, 5.41) is 0.969. The average molecular weight is 377 g/mol. The number of benzene rings is 1. The van der Waals surface area contributed by atoms with Crippen molar-refractivity contribution in [3.63, 3.8) is 0 Å². The summed E-state index contributed by atoms with van der Waals surface area (Å²) in [6.07, 6.45) is 7.25. The lowest BCUT2D eigenvalue weighted by molar-refractivity contribution is -0.187. The zero-order chi connectivity index (χ0) is 19.0. The number of fused-ring (bicyclic) bond motifs is 1. The lowest BCUT2D eigenvalue weighted by Gasteiger charge is -2.53. The van der Waals surface area contributed by atoms with Crippen LogP contribution in [-0.2, 0) is 16.1 Å². The summed E-state index contributed by atoms with van der Waals surface area (Å²) in [5.41, 5.74) is 2.58. The van der Waals surface area contributed by atoms with E-state index < -0.39 is 0 Å². The molecule has 0 saturated carbocycles. The largest absolute Gasteiger partial charge is 0.373 e. The van der Waals surface area contributed by atoms with Gasteiger partial charge in [-0.15, -0.1) is 0 Å². The Morgan fingerprint density at radius 2 is 2.07 bits per heavy atom.